The van der Waals surface area contributed by atoms with Crippen LogP contribution < -0.4 is 4.90 Å². The molecule has 8 heteroatoms. The second kappa shape index (κ2) is 7.53. The number of anilines is 1. The van der Waals surface area contributed by atoms with Crippen molar-refractivity contribution in [3.8, 4) is 16.9 Å². The Kier molecular flexibility index (Phi) is 4.75. The molecular weight excluding hydrogens is 488 g/mol. The van der Waals surface area contributed by atoms with Gasteiger partial charge in [-0.15, -0.1) is 0 Å². The number of imide groups is 1. The Bertz CT molecular complexity index is 1530. The van der Waals surface area contributed by atoms with Crippen LogP contribution in [0.3, 0.4) is 0 Å². The number of benzene rings is 4. The van der Waals surface area contributed by atoms with Crippen LogP contribution in [-0.2, 0) is 0 Å². The van der Waals surface area contributed by atoms with Gasteiger partial charge in [0.05, 0.1) is 21.7 Å². The van der Waals surface area contributed by atoms with Crippen molar-refractivity contribution in [3.05, 3.63) is 98.0 Å². The largest absolute Gasteiger partial charge is 0.508 e. The Hall–Kier alpha value is -4.04. The quantitative estimate of drug-likeness (QED) is 0.210. The van der Waals surface area contributed by atoms with E-state index < -0.39 is 16.7 Å². The lowest BCUT2D eigenvalue weighted by atomic mass is 9.86. The number of aromatic hydroxyl groups is 1. The minimum Gasteiger partial charge on any atom is -0.508 e. The molecule has 1 aliphatic heterocycles. The molecule has 2 amide bonds. The van der Waals surface area contributed by atoms with E-state index in [1.165, 1.54) is 30.3 Å². The molecular formula is C25H15BrN2O5. The Balaban J connectivity index is 1.86. The third-order valence-corrected chi connectivity index (χ3v) is 6.24. The van der Waals surface area contributed by atoms with Crippen molar-refractivity contribution in [2.75, 3.05) is 4.90 Å². The molecule has 1 aliphatic rings. The monoisotopic (exact) mass is 502 g/mol. The van der Waals surface area contributed by atoms with Crippen molar-refractivity contribution < 1.29 is 19.6 Å². The van der Waals surface area contributed by atoms with Crippen molar-refractivity contribution in [2.24, 2.45) is 0 Å². The van der Waals surface area contributed by atoms with Crippen LogP contribution in [0.25, 0.3) is 21.9 Å². The topological polar surface area (TPSA) is 101 Å². The van der Waals surface area contributed by atoms with Gasteiger partial charge in [0.2, 0.25) is 0 Å². The zero-order chi connectivity index (χ0) is 23.4. The van der Waals surface area contributed by atoms with Crippen molar-refractivity contribution in [2.45, 2.75) is 6.92 Å². The highest BCUT2D eigenvalue weighted by atomic mass is 79.9. The van der Waals surface area contributed by atoms with E-state index in [1.807, 2.05) is 13.0 Å². The molecule has 0 radical (unpaired) electrons. The van der Waals surface area contributed by atoms with Crippen LogP contribution in [-0.4, -0.2) is 21.8 Å². The van der Waals surface area contributed by atoms with E-state index in [4.69, 9.17) is 0 Å². The molecule has 0 fully saturated rings. The lowest BCUT2D eigenvalue weighted by molar-refractivity contribution is -0.384. The van der Waals surface area contributed by atoms with Crippen LogP contribution in [0.5, 0.6) is 5.75 Å². The molecule has 0 saturated carbocycles. The van der Waals surface area contributed by atoms with Crippen molar-refractivity contribution in [1.29, 1.82) is 0 Å². The molecule has 5 rings (SSSR count). The summed E-state index contributed by atoms with van der Waals surface area (Å²) in [6, 6.07) is 17.4. The van der Waals surface area contributed by atoms with Crippen LogP contribution in [0.4, 0.5) is 11.4 Å². The maximum absolute atomic E-state index is 13.5. The van der Waals surface area contributed by atoms with Gasteiger partial charge in [-0.2, -0.15) is 0 Å². The standard InChI is InChI=1S/C25H15BrN2O5/c1-13-10-14(26)8-9-17(13)23-18-6-3-7-19-22(18)20(12-21(23)28(32)33)25(31)27(24(19)30)15-4-2-5-16(29)11-15/h2-12,29H,1H3. The number of rotatable bonds is 3. The maximum Gasteiger partial charge on any atom is 0.278 e. The summed E-state index contributed by atoms with van der Waals surface area (Å²) < 4.78 is 0.834. The molecule has 0 spiro atoms. The highest BCUT2D eigenvalue weighted by molar-refractivity contribution is 9.10. The smallest absolute Gasteiger partial charge is 0.278 e. The predicted molar refractivity (Wildman–Crippen MR) is 128 cm³/mol. The fourth-order valence-corrected chi connectivity index (χ4v) is 4.83. The lowest BCUT2D eigenvalue weighted by Gasteiger charge is -2.28. The molecule has 0 saturated heterocycles. The molecule has 4 aromatic rings. The number of phenols is 1. The van der Waals surface area contributed by atoms with E-state index in [-0.39, 0.29) is 28.3 Å². The van der Waals surface area contributed by atoms with Gasteiger partial charge in [-0.25, -0.2) is 4.90 Å². The normalized spacial score (nSPS) is 13.0. The number of aryl methyl sites for hydroxylation is 1. The average Bonchev–Trinajstić information content (AvgIpc) is 2.77. The summed E-state index contributed by atoms with van der Waals surface area (Å²) in [7, 11) is 0. The van der Waals surface area contributed by atoms with Crippen LogP contribution in [0.2, 0.25) is 0 Å². The van der Waals surface area contributed by atoms with Crippen molar-refractivity contribution >= 4 is 49.9 Å². The number of nitro benzene ring substituents is 1. The predicted octanol–water partition coefficient (Wildman–Crippen LogP) is 5.99. The summed E-state index contributed by atoms with van der Waals surface area (Å²) in [6.45, 7) is 1.85. The number of phenolic OH excluding ortho intramolecular Hbond substituents is 1. The Morgan fingerprint density at radius 1 is 0.909 bits per heavy atom. The first kappa shape index (κ1) is 20.8. The number of carbonyl (C=O) groups excluding carboxylic acids is 2. The maximum atomic E-state index is 13.5. The first-order valence-corrected chi connectivity index (χ1v) is 10.8. The number of nitrogens with zero attached hydrogens (tertiary/aromatic N) is 2. The second-order valence-electron chi connectivity index (χ2n) is 7.73. The first-order valence-electron chi connectivity index (χ1n) is 9.96. The van der Waals surface area contributed by atoms with Gasteiger partial charge in [0.1, 0.15) is 5.75 Å². The molecule has 33 heavy (non-hydrogen) atoms. The molecule has 7 nitrogen and oxygen atoms in total. The van der Waals surface area contributed by atoms with E-state index in [2.05, 4.69) is 15.9 Å². The zero-order valence-corrected chi connectivity index (χ0v) is 18.8. The number of amides is 2. The minimum atomic E-state index is -0.684. The van der Waals surface area contributed by atoms with Gasteiger partial charge in [0, 0.05) is 27.6 Å². The van der Waals surface area contributed by atoms with Crippen molar-refractivity contribution in [1.82, 2.24) is 0 Å². The fourth-order valence-electron chi connectivity index (χ4n) is 4.35. The second-order valence-corrected chi connectivity index (χ2v) is 8.64. The molecule has 0 aromatic heterocycles. The van der Waals surface area contributed by atoms with E-state index in [0.29, 0.717) is 21.9 Å². The first-order chi connectivity index (χ1) is 15.8. The van der Waals surface area contributed by atoms with E-state index in [9.17, 15) is 24.8 Å². The third kappa shape index (κ3) is 3.18. The van der Waals surface area contributed by atoms with Gasteiger partial charge in [0.15, 0.2) is 0 Å². The van der Waals surface area contributed by atoms with Crippen LogP contribution in [0.15, 0.2) is 71.2 Å². The number of carbonyl (C=O) groups is 2. The van der Waals surface area contributed by atoms with E-state index in [0.717, 1.165) is 14.9 Å². The summed E-state index contributed by atoms with van der Waals surface area (Å²) in [5.41, 5.74) is 2.09. The van der Waals surface area contributed by atoms with Gasteiger partial charge in [0.25, 0.3) is 17.5 Å². The van der Waals surface area contributed by atoms with Gasteiger partial charge in [-0.1, -0.05) is 40.2 Å². The van der Waals surface area contributed by atoms with Crippen LogP contribution in [0.1, 0.15) is 26.3 Å². The van der Waals surface area contributed by atoms with E-state index >= 15 is 0 Å². The molecule has 1 N–H and O–H groups in total. The molecule has 0 atom stereocenters. The van der Waals surface area contributed by atoms with Crippen LogP contribution in [0, 0.1) is 17.0 Å². The molecule has 1 heterocycles. The summed E-state index contributed by atoms with van der Waals surface area (Å²) in [4.78, 5) is 39.4. The number of hydrogen-bond acceptors (Lipinski definition) is 5. The highest BCUT2D eigenvalue weighted by Crippen LogP contribution is 2.44. The molecule has 162 valence electrons. The fraction of sp³-hybridized carbons (Fsp3) is 0.0400. The SMILES string of the molecule is Cc1cc(Br)ccc1-c1c([N+](=O)[O-])cc2c3c(cccc13)C(=O)N(c1cccc(O)c1)C2=O. The molecule has 0 bridgehead atoms. The number of halogens is 1. The number of hydrogen-bond donors (Lipinski definition) is 1. The van der Waals surface area contributed by atoms with Crippen LogP contribution >= 0.6 is 15.9 Å². The third-order valence-electron chi connectivity index (χ3n) is 5.75. The Morgan fingerprint density at radius 2 is 1.64 bits per heavy atom. The number of nitro groups is 1. The van der Waals surface area contributed by atoms with Gasteiger partial charge >= 0.3 is 0 Å². The van der Waals surface area contributed by atoms with E-state index in [1.54, 1.807) is 30.3 Å². The summed E-state index contributed by atoms with van der Waals surface area (Å²) >= 11 is 3.41. The minimum absolute atomic E-state index is 0.0637. The van der Waals surface area contributed by atoms with Gasteiger partial charge in [-0.05, 0) is 53.8 Å². The molecule has 0 aliphatic carbocycles. The zero-order valence-electron chi connectivity index (χ0n) is 17.2. The Labute approximate surface area is 196 Å². The highest BCUT2D eigenvalue weighted by Gasteiger charge is 2.37. The average molecular weight is 503 g/mol. The summed E-state index contributed by atoms with van der Waals surface area (Å²) in [5.74, 6) is -1.35. The Morgan fingerprint density at radius 3 is 2.33 bits per heavy atom. The molecule has 0 unspecified atom stereocenters. The summed E-state index contributed by atoms with van der Waals surface area (Å²) in [6.07, 6.45) is 0. The van der Waals surface area contributed by atoms with Gasteiger partial charge < -0.3 is 5.11 Å². The summed E-state index contributed by atoms with van der Waals surface area (Å²) in [5, 5.41) is 22.8. The molecule has 4 aromatic carbocycles. The van der Waals surface area contributed by atoms with Crippen molar-refractivity contribution in [3.63, 3.8) is 0 Å². The van der Waals surface area contributed by atoms with Gasteiger partial charge in [-0.3, -0.25) is 19.7 Å². The lowest BCUT2D eigenvalue weighted by Crippen LogP contribution is -2.40.